The van der Waals surface area contributed by atoms with Gasteiger partial charge in [0.1, 0.15) is 0 Å². The first-order valence-corrected chi connectivity index (χ1v) is 6.65. The van der Waals surface area contributed by atoms with Gasteiger partial charge in [0.2, 0.25) is 0 Å². The lowest BCUT2D eigenvalue weighted by atomic mass is 9.82. The molecule has 0 aliphatic rings. The van der Waals surface area contributed by atoms with E-state index in [0.717, 1.165) is 6.42 Å². The zero-order valence-electron chi connectivity index (χ0n) is 12.4. The summed E-state index contributed by atoms with van der Waals surface area (Å²) < 4.78 is 0. The molecule has 1 nitrogen and oxygen atoms in total. The van der Waals surface area contributed by atoms with Crippen molar-refractivity contribution in [2.45, 2.75) is 60.9 Å². The fourth-order valence-corrected chi connectivity index (χ4v) is 2.57. The van der Waals surface area contributed by atoms with E-state index in [1.807, 2.05) is 0 Å². The average Bonchev–Trinajstić information content (AvgIpc) is 2.32. The fraction of sp³-hybridized carbons (Fsp3) is 0.625. The van der Waals surface area contributed by atoms with E-state index in [1.165, 1.54) is 33.4 Å². The SMILES string of the molecule is CCC(C)C(N)c1c(C)c(C)c(C)c(C)c1C. The highest BCUT2D eigenvalue weighted by Crippen LogP contribution is 2.33. The summed E-state index contributed by atoms with van der Waals surface area (Å²) in [4.78, 5) is 0. The van der Waals surface area contributed by atoms with Crippen molar-refractivity contribution in [1.29, 1.82) is 0 Å². The van der Waals surface area contributed by atoms with E-state index in [4.69, 9.17) is 5.73 Å². The molecule has 0 fully saturated rings. The fourth-order valence-electron chi connectivity index (χ4n) is 2.57. The number of hydrogen-bond donors (Lipinski definition) is 1. The predicted octanol–water partition coefficient (Wildman–Crippen LogP) is 4.27. The summed E-state index contributed by atoms with van der Waals surface area (Å²) in [6.45, 7) is 15.5. The molecule has 0 saturated heterocycles. The lowest BCUT2D eigenvalue weighted by Gasteiger charge is -2.26. The zero-order valence-corrected chi connectivity index (χ0v) is 12.4. The van der Waals surface area contributed by atoms with Gasteiger partial charge in [0.25, 0.3) is 0 Å². The molecule has 0 aliphatic carbocycles. The minimum Gasteiger partial charge on any atom is -0.324 e. The standard InChI is InChI=1S/C16H27N/c1-8-9(2)16(17)15-13(6)11(4)10(3)12(5)14(15)7/h9,16H,8,17H2,1-7H3. The summed E-state index contributed by atoms with van der Waals surface area (Å²) in [5.41, 5.74) is 14.8. The highest BCUT2D eigenvalue weighted by atomic mass is 14.7. The summed E-state index contributed by atoms with van der Waals surface area (Å²) >= 11 is 0. The Morgan fingerprint density at radius 1 is 0.824 bits per heavy atom. The summed E-state index contributed by atoms with van der Waals surface area (Å²) in [5, 5.41) is 0. The Kier molecular flexibility index (Phi) is 4.37. The van der Waals surface area contributed by atoms with Gasteiger partial charge in [0.15, 0.2) is 0 Å². The Balaban J connectivity index is 3.44. The molecule has 1 heteroatoms. The maximum Gasteiger partial charge on any atom is 0.0326 e. The molecular formula is C16H27N. The van der Waals surface area contributed by atoms with Gasteiger partial charge < -0.3 is 5.73 Å². The second-order valence-corrected chi connectivity index (χ2v) is 5.45. The van der Waals surface area contributed by atoms with Crippen molar-refractivity contribution >= 4 is 0 Å². The summed E-state index contributed by atoms with van der Waals surface area (Å²) in [6, 6.07) is 0.165. The van der Waals surface area contributed by atoms with Crippen LogP contribution >= 0.6 is 0 Å². The van der Waals surface area contributed by atoms with Crippen LogP contribution in [-0.2, 0) is 0 Å². The third-order valence-electron chi connectivity index (χ3n) is 4.65. The van der Waals surface area contributed by atoms with Crippen LogP contribution < -0.4 is 5.73 Å². The smallest absolute Gasteiger partial charge is 0.0326 e. The molecule has 2 unspecified atom stereocenters. The van der Waals surface area contributed by atoms with Crippen molar-refractivity contribution in [2.24, 2.45) is 11.7 Å². The van der Waals surface area contributed by atoms with Crippen LogP contribution in [0, 0.1) is 40.5 Å². The van der Waals surface area contributed by atoms with Crippen molar-refractivity contribution in [3.63, 3.8) is 0 Å². The molecule has 0 bridgehead atoms. The lowest BCUT2D eigenvalue weighted by Crippen LogP contribution is -2.22. The lowest BCUT2D eigenvalue weighted by molar-refractivity contribution is 0.453. The summed E-state index contributed by atoms with van der Waals surface area (Å²) in [6.07, 6.45) is 1.13. The first kappa shape index (κ1) is 14.2. The molecule has 1 rings (SSSR count). The Labute approximate surface area is 106 Å². The predicted molar refractivity (Wildman–Crippen MR) is 76.5 cm³/mol. The molecule has 2 atom stereocenters. The molecule has 0 amide bonds. The Hall–Kier alpha value is -0.820. The van der Waals surface area contributed by atoms with Crippen molar-refractivity contribution < 1.29 is 0 Å². The van der Waals surface area contributed by atoms with Gasteiger partial charge in [-0.2, -0.15) is 0 Å². The number of benzene rings is 1. The average molecular weight is 233 g/mol. The van der Waals surface area contributed by atoms with E-state index in [-0.39, 0.29) is 6.04 Å². The highest BCUT2D eigenvalue weighted by Gasteiger charge is 2.20. The normalized spacial score (nSPS) is 14.8. The van der Waals surface area contributed by atoms with Gasteiger partial charge >= 0.3 is 0 Å². The quantitative estimate of drug-likeness (QED) is 0.828. The van der Waals surface area contributed by atoms with Crippen molar-refractivity contribution in [2.75, 3.05) is 0 Å². The van der Waals surface area contributed by atoms with Crippen LogP contribution in [0.1, 0.15) is 59.7 Å². The second kappa shape index (κ2) is 5.22. The number of rotatable bonds is 3. The van der Waals surface area contributed by atoms with Gasteiger partial charge in [0, 0.05) is 6.04 Å². The first-order chi connectivity index (χ1) is 7.82. The topological polar surface area (TPSA) is 26.0 Å². The Morgan fingerprint density at radius 3 is 1.53 bits per heavy atom. The van der Waals surface area contributed by atoms with Gasteiger partial charge in [-0.1, -0.05) is 20.3 Å². The van der Waals surface area contributed by atoms with Crippen LogP contribution in [0.2, 0.25) is 0 Å². The monoisotopic (exact) mass is 233 g/mol. The molecular weight excluding hydrogens is 206 g/mol. The molecule has 0 saturated carbocycles. The highest BCUT2D eigenvalue weighted by molar-refractivity contribution is 5.50. The van der Waals surface area contributed by atoms with E-state index >= 15 is 0 Å². The van der Waals surface area contributed by atoms with Crippen LogP contribution in [-0.4, -0.2) is 0 Å². The molecule has 0 spiro atoms. The third kappa shape index (κ3) is 2.40. The summed E-state index contributed by atoms with van der Waals surface area (Å²) in [7, 11) is 0. The van der Waals surface area contributed by atoms with Crippen LogP contribution in [0.4, 0.5) is 0 Å². The molecule has 1 aromatic rings. The Bertz CT molecular complexity index is 389. The Morgan fingerprint density at radius 2 is 1.18 bits per heavy atom. The van der Waals surface area contributed by atoms with Crippen molar-refractivity contribution in [3.8, 4) is 0 Å². The van der Waals surface area contributed by atoms with E-state index in [0.29, 0.717) is 5.92 Å². The summed E-state index contributed by atoms with van der Waals surface area (Å²) in [5.74, 6) is 0.536. The van der Waals surface area contributed by atoms with Gasteiger partial charge in [0.05, 0.1) is 0 Å². The third-order valence-corrected chi connectivity index (χ3v) is 4.65. The largest absolute Gasteiger partial charge is 0.324 e. The van der Waals surface area contributed by atoms with Crippen LogP contribution in [0.25, 0.3) is 0 Å². The van der Waals surface area contributed by atoms with Gasteiger partial charge in [-0.3, -0.25) is 0 Å². The molecule has 1 aromatic carbocycles. The molecule has 17 heavy (non-hydrogen) atoms. The van der Waals surface area contributed by atoms with Crippen molar-refractivity contribution in [3.05, 3.63) is 33.4 Å². The number of nitrogens with two attached hydrogens (primary N) is 1. The maximum atomic E-state index is 6.44. The minimum atomic E-state index is 0.165. The number of hydrogen-bond acceptors (Lipinski definition) is 1. The molecule has 96 valence electrons. The van der Waals surface area contributed by atoms with Crippen LogP contribution in [0.3, 0.4) is 0 Å². The van der Waals surface area contributed by atoms with Crippen molar-refractivity contribution in [1.82, 2.24) is 0 Å². The van der Waals surface area contributed by atoms with E-state index in [9.17, 15) is 0 Å². The molecule has 0 heterocycles. The molecule has 2 N–H and O–H groups in total. The molecule has 0 aromatic heterocycles. The van der Waals surface area contributed by atoms with Gasteiger partial charge in [-0.25, -0.2) is 0 Å². The van der Waals surface area contributed by atoms with E-state index in [1.54, 1.807) is 0 Å². The van der Waals surface area contributed by atoms with Gasteiger partial charge in [-0.05, 0) is 73.9 Å². The zero-order chi connectivity index (χ0) is 13.3. The maximum absolute atomic E-state index is 6.44. The van der Waals surface area contributed by atoms with Crippen LogP contribution in [0.5, 0.6) is 0 Å². The van der Waals surface area contributed by atoms with Gasteiger partial charge in [-0.15, -0.1) is 0 Å². The second-order valence-electron chi connectivity index (χ2n) is 5.45. The van der Waals surface area contributed by atoms with E-state index < -0.39 is 0 Å². The first-order valence-electron chi connectivity index (χ1n) is 6.65. The minimum absolute atomic E-state index is 0.165. The molecule has 0 aliphatic heterocycles. The van der Waals surface area contributed by atoms with Crippen LogP contribution in [0.15, 0.2) is 0 Å². The van der Waals surface area contributed by atoms with E-state index in [2.05, 4.69) is 48.5 Å². The molecule has 0 radical (unpaired) electrons.